The van der Waals surface area contributed by atoms with Gasteiger partial charge in [-0.25, -0.2) is 4.39 Å². The molecule has 0 saturated carbocycles. The van der Waals surface area contributed by atoms with Crippen molar-refractivity contribution in [3.8, 4) is 5.75 Å². The first-order valence-electron chi connectivity index (χ1n) is 11.6. The van der Waals surface area contributed by atoms with Crippen molar-refractivity contribution in [1.82, 2.24) is 0 Å². The van der Waals surface area contributed by atoms with Gasteiger partial charge in [0.05, 0.1) is 4.47 Å². The molecular weight excluding hydrogens is 517 g/mol. The quantitative estimate of drug-likeness (QED) is 0.524. The van der Waals surface area contributed by atoms with Gasteiger partial charge in [-0.05, 0) is 70.7 Å². The highest BCUT2D eigenvalue weighted by Crippen LogP contribution is 2.48. The molecule has 1 aliphatic heterocycles. The second-order valence-corrected chi connectivity index (χ2v) is 9.65. The van der Waals surface area contributed by atoms with E-state index in [-0.39, 0.29) is 29.9 Å². The zero-order valence-electron chi connectivity index (χ0n) is 18.9. The number of hydrogen-bond donors (Lipinski definition) is 1. The summed E-state index contributed by atoms with van der Waals surface area (Å²) in [5.41, 5.74) is 2.44. The summed E-state index contributed by atoms with van der Waals surface area (Å²) in [6.07, 6.45) is 3.76. The van der Waals surface area contributed by atoms with Gasteiger partial charge in [-0.15, -0.1) is 0 Å². The van der Waals surface area contributed by atoms with E-state index < -0.39 is 5.92 Å². The lowest BCUT2D eigenvalue weighted by atomic mass is 9.73. The number of amides is 1. The molecule has 3 aliphatic rings. The number of Topliss-reactive ketones (excluding diaryl/α,β-unsaturated/α-hetero) is 2. The maximum Gasteiger partial charge on any atom is 0.262 e. The van der Waals surface area contributed by atoms with Gasteiger partial charge in [0.2, 0.25) is 0 Å². The van der Waals surface area contributed by atoms with E-state index in [0.717, 1.165) is 18.4 Å². The van der Waals surface area contributed by atoms with Crippen LogP contribution in [-0.2, 0) is 19.1 Å². The molecule has 0 radical (unpaired) electrons. The van der Waals surface area contributed by atoms with Crippen molar-refractivity contribution < 1.29 is 28.2 Å². The minimum absolute atomic E-state index is 0.0232. The summed E-state index contributed by atoms with van der Waals surface area (Å²) < 4.78 is 25.4. The lowest BCUT2D eigenvalue weighted by Crippen LogP contribution is -2.30. The molecule has 8 heteroatoms. The van der Waals surface area contributed by atoms with E-state index in [9.17, 15) is 18.8 Å². The second kappa shape index (κ2) is 9.77. The number of carbonyl (C=O) groups excluding carboxylic acids is 3. The van der Waals surface area contributed by atoms with Crippen LogP contribution in [-0.4, -0.2) is 24.1 Å². The smallest absolute Gasteiger partial charge is 0.262 e. The first kappa shape index (κ1) is 23.5. The summed E-state index contributed by atoms with van der Waals surface area (Å²) in [5, 5.41) is 2.65. The lowest BCUT2D eigenvalue weighted by molar-refractivity contribution is -0.119. The van der Waals surface area contributed by atoms with Gasteiger partial charge < -0.3 is 14.8 Å². The molecule has 0 unspecified atom stereocenters. The number of carbonyl (C=O) groups is 3. The van der Waals surface area contributed by atoms with Crippen LogP contribution in [0.15, 0.2) is 69.6 Å². The minimum atomic E-state index is -0.457. The van der Waals surface area contributed by atoms with Crippen molar-refractivity contribution in [2.24, 2.45) is 0 Å². The third-order valence-electron chi connectivity index (χ3n) is 6.42. The van der Waals surface area contributed by atoms with Crippen LogP contribution in [0.2, 0.25) is 0 Å². The molecule has 2 aromatic rings. The normalized spacial score (nSPS) is 18.1. The average molecular weight is 540 g/mol. The van der Waals surface area contributed by atoms with Crippen molar-refractivity contribution >= 4 is 39.1 Å². The minimum Gasteiger partial charge on any atom is -0.483 e. The number of hydrogen-bond acceptors (Lipinski definition) is 5. The Morgan fingerprint density at radius 1 is 0.971 bits per heavy atom. The van der Waals surface area contributed by atoms with Gasteiger partial charge in [-0.3, -0.25) is 14.4 Å². The van der Waals surface area contributed by atoms with Gasteiger partial charge in [0.15, 0.2) is 18.2 Å². The fraction of sp³-hybridized carbons (Fsp3) is 0.296. The van der Waals surface area contributed by atoms with E-state index in [0.29, 0.717) is 64.3 Å². The van der Waals surface area contributed by atoms with Crippen LogP contribution in [0.3, 0.4) is 0 Å². The predicted octanol–water partition coefficient (Wildman–Crippen LogP) is 5.73. The first-order chi connectivity index (χ1) is 16.9. The van der Waals surface area contributed by atoms with E-state index in [4.69, 9.17) is 9.47 Å². The van der Waals surface area contributed by atoms with E-state index in [2.05, 4.69) is 21.2 Å². The zero-order valence-corrected chi connectivity index (χ0v) is 20.5. The summed E-state index contributed by atoms with van der Waals surface area (Å²) in [6.45, 7) is -0.242. The predicted molar refractivity (Wildman–Crippen MR) is 130 cm³/mol. The number of rotatable bonds is 5. The van der Waals surface area contributed by atoms with Crippen molar-refractivity contribution in [2.45, 2.75) is 44.4 Å². The van der Waals surface area contributed by atoms with Crippen LogP contribution in [0.5, 0.6) is 5.75 Å². The maximum atomic E-state index is 13.0. The van der Waals surface area contributed by atoms with Crippen molar-refractivity contribution in [1.29, 1.82) is 0 Å². The molecule has 1 heterocycles. The Morgan fingerprint density at radius 3 is 2.20 bits per heavy atom. The summed E-state index contributed by atoms with van der Waals surface area (Å²) in [4.78, 5) is 38.1. The van der Waals surface area contributed by atoms with Crippen LogP contribution in [0.25, 0.3) is 0 Å². The van der Waals surface area contributed by atoms with Gasteiger partial charge in [-0.1, -0.05) is 6.07 Å². The fourth-order valence-electron chi connectivity index (χ4n) is 4.84. The summed E-state index contributed by atoms with van der Waals surface area (Å²) in [6, 6.07) is 10.8. The molecule has 180 valence electrons. The Balaban J connectivity index is 1.37. The van der Waals surface area contributed by atoms with Crippen LogP contribution in [0, 0.1) is 5.82 Å². The molecule has 35 heavy (non-hydrogen) atoms. The molecule has 1 amide bonds. The number of ketones is 2. The fourth-order valence-corrected chi connectivity index (χ4v) is 5.35. The van der Waals surface area contributed by atoms with E-state index in [1.165, 1.54) is 24.3 Å². The first-order valence-corrected chi connectivity index (χ1v) is 12.4. The number of nitrogens with one attached hydrogen (secondary N) is 1. The largest absolute Gasteiger partial charge is 0.483 e. The number of ether oxygens (including phenoxy) is 2. The summed E-state index contributed by atoms with van der Waals surface area (Å²) in [5.74, 6) is 0.642. The SMILES string of the molecule is O=C(COc1ccc(C2C3=C(CCCC3=O)OC3=C2C(=O)CCC3)cc1Br)Nc1ccc(F)cc1. The van der Waals surface area contributed by atoms with Crippen LogP contribution >= 0.6 is 15.9 Å². The van der Waals surface area contributed by atoms with Crippen LogP contribution in [0.1, 0.15) is 50.0 Å². The molecule has 0 atom stereocenters. The third-order valence-corrected chi connectivity index (χ3v) is 7.04. The molecule has 6 nitrogen and oxygen atoms in total. The van der Waals surface area contributed by atoms with Gasteiger partial charge >= 0.3 is 0 Å². The second-order valence-electron chi connectivity index (χ2n) is 8.80. The highest BCUT2D eigenvalue weighted by Gasteiger charge is 2.41. The van der Waals surface area contributed by atoms with Gasteiger partial charge in [0, 0.05) is 48.4 Å². The van der Waals surface area contributed by atoms with E-state index in [1.54, 1.807) is 6.07 Å². The zero-order chi connectivity index (χ0) is 24.5. The lowest BCUT2D eigenvalue weighted by Gasteiger charge is -2.36. The molecule has 0 spiro atoms. The molecule has 2 aliphatic carbocycles. The standard InChI is InChI=1S/C27H23BrFNO5/c28-18-13-15(7-12-21(18)34-14-24(33)30-17-10-8-16(29)9-11-17)25-26-19(31)3-1-5-22(26)35-23-6-2-4-20(32)27(23)25/h7-13,25H,1-6,14H2,(H,30,33). The van der Waals surface area contributed by atoms with Crippen LogP contribution < -0.4 is 10.1 Å². The highest BCUT2D eigenvalue weighted by molar-refractivity contribution is 9.10. The molecule has 0 saturated heterocycles. The molecule has 0 bridgehead atoms. The van der Waals surface area contributed by atoms with Gasteiger partial charge in [-0.2, -0.15) is 0 Å². The topological polar surface area (TPSA) is 81.7 Å². The van der Waals surface area contributed by atoms with Crippen molar-refractivity contribution in [3.05, 3.63) is 81.0 Å². The molecule has 2 aromatic carbocycles. The Hall–Kier alpha value is -3.26. The summed E-state index contributed by atoms with van der Waals surface area (Å²) in [7, 11) is 0. The van der Waals surface area contributed by atoms with Gasteiger partial charge in [0.1, 0.15) is 23.1 Å². The van der Waals surface area contributed by atoms with Crippen molar-refractivity contribution in [2.75, 3.05) is 11.9 Å². The van der Waals surface area contributed by atoms with E-state index >= 15 is 0 Å². The Bertz CT molecular complexity index is 1240. The monoisotopic (exact) mass is 539 g/mol. The molecule has 0 fully saturated rings. The van der Waals surface area contributed by atoms with E-state index in [1.807, 2.05) is 12.1 Å². The Morgan fingerprint density at radius 2 is 1.60 bits per heavy atom. The molecule has 1 N–H and O–H groups in total. The van der Waals surface area contributed by atoms with Crippen LogP contribution in [0.4, 0.5) is 10.1 Å². The summed E-state index contributed by atoms with van der Waals surface area (Å²) >= 11 is 3.51. The number of benzene rings is 2. The molecule has 0 aromatic heterocycles. The average Bonchev–Trinajstić information content (AvgIpc) is 2.84. The molecule has 5 rings (SSSR count). The number of halogens is 2. The molecular formula is C27H23BrFNO5. The maximum absolute atomic E-state index is 13.0. The highest BCUT2D eigenvalue weighted by atomic mass is 79.9. The van der Waals surface area contributed by atoms with Crippen molar-refractivity contribution in [3.63, 3.8) is 0 Å². The third kappa shape index (κ3) is 4.80. The number of allylic oxidation sites excluding steroid dienone is 4. The Kier molecular flexibility index (Phi) is 6.56. The Labute approximate surface area is 210 Å². The number of anilines is 1. The van der Waals surface area contributed by atoms with Gasteiger partial charge in [0.25, 0.3) is 5.91 Å².